The molecule has 0 bridgehead atoms. The zero-order chi connectivity index (χ0) is 12.4. The molecule has 0 amide bonds. The zero-order valence-electron chi connectivity index (χ0n) is 9.86. The Bertz CT molecular complexity index is 497. The van der Waals surface area contributed by atoms with Crippen LogP contribution in [-0.2, 0) is 19.6 Å². The van der Waals surface area contributed by atoms with Crippen LogP contribution in [0.15, 0.2) is 16.3 Å². The van der Waals surface area contributed by atoms with Crippen molar-refractivity contribution in [2.24, 2.45) is 10.2 Å². The van der Waals surface area contributed by atoms with Gasteiger partial charge in [0.05, 0.1) is 18.0 Å². The van der Waals surface area contributed by atoms with Crippen molar-refractivity contribution in [2.75, 3.05) is 7.05 Å². The van der Waals surface area contributed by atoms with Crippen molar-refractivity contribution in [3.63, 3.8) is 0 Å². The lowest BCUT2D eigenvalue weighted by Crippen LogP contribution is -2.13. The average Bonchev–Trinajstić information content (AvgIpc) is 2.32. The molecule has 1 aromatic rings. The summed E-state index contributed by atoms with van der Waals surface area (Å²) >= 11 is 0. The maximum absolute atomic E-state index is 11.0. The number of benzene rings is 1. The van der Waals surface area contributed by atoms with Gasteiger partial charge >= 0.3 is 0 Å². The Morgan fingerprint density at radius 2 is 2.18 bits per heavy atom. The van der Waals surface area contributed by atoms with Gasteiger partial charge in [0.15, 0.2) is 0 Å². The van der Waals surface area contributed by atoms with E-state index in [2.05, 4.69) is 15.5 Å². The fourth-order valence-electron chi connectivity index (χ4n) is 2.13. The lowest BCUT2D eigenvalue weighted by molar-refractivity contribution is -0.385. The third kappa shape index (κ3) is 2.03. The number of nitro groups is 1. The van der Waals surface area contributed by atoms with Crippen molar-refractivity contribution in [2.45, 2.75) is 26.6 Å². The fourth-order valence-corrected chi connectivity index (χ4v) is 2.13. The molecule has 90 valence electrons. The first-order chi connectivity index (χ1) is 8.15. The van der Waals surface area contributed by atoms with Gasteiger partial charge in [-0.25, -0.2) is 0 Å². The van der Waals surface area contributed by atoms with Gasteiger partial charge in [-0.2, -0.15) is 10.2 Å². The van der Waals surface area contributed by atoms with Gasteiger partial charge in [0, 0.05) is 18.2 Å². The molecule has 0 aromatic heterocycles. The first-order valence-corrected chi connectivity index (χ1v) is 5.41. The summed E-state index contributed by atoms with van der Waals surface area (Å²) in [5, 5.41) is 22.0. The predicted molar refractivity (Wildman–Crippen MR) is 62.9 cm³/mol. The zero-order valence-corrected chi connectivity index (χ0v) is 9.86. The Hall–Kier alpha value is -1.82. The number of rotatable bonds is 3. The lowest BCUT2D eigenvalue weighted by Gasteiger charge is -2.17. The molecule has 0 aliphatic carbocycles. The molecule has 0 spiro atoms. The molecule has 0 fully saturated rings. The van der Waals surface area contributed by atoms with Crippen LogP contribution >= 0.6 is 0 Å². The molecule has 1 N–H and O–H groups in total. The molecule has 2 rings (SSSR count). The quantitative estimate of drug-likeness (QED) is 0.642. The van der Waals surface area contributed by atoms with Gasteiger partial charge in [-0.05, 0) is 30.7 Å². The Kier molecular flexibility index (Phi) is 3.14. The summed E-state index contributed by atoms with van der Waals surface area (Å²) in [7, 11) is 1.83. The molecular weight excluding hydrogens is 220 g/mol. The second-order valence-electron chi connectivity index (χ2n) is 4.02. The van der Waals surface area contributed by atoms with Crippen molar-refractivity contribution >= 4 is 5.69 Å². The molecule has 0 radical (unpaired) electrons. The molecule has 0 saturated carbocycles. The van der Waals surface area contributed by atoms with Crippen LogP contribution < -0.4 is 5.32 Å². The number of nitrogens with zero attached hydrogens (tertiary/aromatic N) is 3. The summed E-state index contributed by atoms with van der Waals surface area (Å²) < 4.78 is 0. The highest BCUT2D eigenvalue weighted by molar-refractivity contribution is 5.53. The van der Waals surface area contributed by atoms with E-state index in [9.17, 15) is 10.1 Å². The first kappa shape index (κ1) is 11.7. The van der Waals surface area contributed by atoms with Crippen molar-refractivity contribution in [3.05, 3.63) is 38.4 Å². The molecule has 0 saturated heterocycles. The van der Waals surface area contributed by atoms with E-state index in [1.54, 1.807) is 13.0 Å². The number of azo groups is 1. The summed E-state index contributed by atoms with van der Waals surface area (Å²) in [6.07, 6.45) is 0. The number of nitro benzene ring substituents is 1. The van der Waals surface area contributed by atoms with E-state index in [-0.39, 0.29) is 10.6 Å². The maximum Gasteiger partial charge on any atom is 0.272 e. The van der Waals surface area contributed by atoms with Gasteiger partial charge in [-0.3, -0.25) is 10.1 Å². The number of hydrogen-bond acceptors (Lipinski definition) is 5. The third-order valence-corrected chi connectivity index (χ3v) is 3.02. The molecular formula is C11H14N4O2. The molecule has 6 nitrogen and oxygen atoms in total. The van der Waals surface area contributed by atoms with Crippen LogP contribution in [0.1, 0.15) is 22.3 Å². The van der Waals surface area contributed by atoms with E-state index in [0.29, 0.717) is 19.6 Å². The molecule has 1 aromatic carbocycles. The normalized spacial score (nSPS) is 13.5. The minimum Gasteiger partial charge on any atom is -0.316 e. The Morgan fingerprint density at radius 3 is 2.82 bits per heavy atom. The second kappa shape index (κ2) is 4.58. The second-order valence-corrected chi connectivity index (χ2v) is 4.02. The SMILES string of the molecule is CNCc1c(C)c([N+](=O)[O-])cc2c1CN=NC2. The molecule has 1 heterocycles. The van der Waals surface area contributed by atoms with Crippen molar-refractivity contribution in [3.8, 4) is 0 Å². The summed E-state index contributed by atoms with van der Waals surface area (Å²) in [6, 6.07) is 1.63. The molecule has 1 aliphatic rings. The summed E-state index contributed by atoms with van der Waals surface area (Å²) in [5.74, 6) is 0. The minimum atomic E-state index is -0.333. The number of nitrogens with one attached hydrogen (secondary N) is 1. The van der Waals surface area contributed by atoms with Crippen LogP contribution in [0.3, 0.4) is 0 Å². The predicted octanol–water partition coefficient (Wildman–Crippen LogP) is 2.09. The van der Waals surface area contributed by atoms with Crippen LogP contribution in [0.4, 0.5) is 5.69 Å². The molecule has 17 heavy (non-hydrogen) atoms. The molecule has 6 heteroatoms. The summed E-state index contributed by atoms with van der Waals surface area (Å²) in [5.41, 5.74) is 3.88. The third-order valence-electron chi connectivity index (χ3n) is 3.02. The van der Waals surface area contributed by atoms with E-state index in [1.165, 1.54) is 0 Å². The fraction of sp³-hybridized carbons (Fsp3) is 0.455. The van der Waals surface area contributed by atoms with E-state index < -0.39 is 0 Å². The molecule has 0 atom stereocenters. The minimum absolute atomic E-state index is 0.172. The van der Waals surface area contributed by atoms with E-state index in [4.69, 9.17) is 0 Å². The van der Waals surface area contributed by atoms with Gasteiger partial charge in [0.1, 0.15) is 0 Å². The monoisotopic (exact) mass is 234 g/mol. The largest absolute Gasteiger partial charge is 0.316 e. The maximum atomic E-state index is 11.0. The highest BCUT2D eigenvalue weighted by Gasteiger charge is 2.22. The number of fused-ring (bicyclic) bond motifs is 1. The molecule has 1 aliphatic heterocycles. The average molecular weight is 234 g/mol. The molecule has 0 unspecified atom stereocenters. The van der Waals surface area contributed by atoms with E-state index >= 15 is 0 Å². The van der Waals surface area contributed by atoms with Gasteiger partial charge < -0.3 is 5.32 Å². The van der Waals surface area contributed by atoms with Gasteiger partial charge in [-0.15, -0.1) is 0 Å². The van der Waals surface area contributed by atoms with Crippen molar-refractivity contribution in [1.29, 1.82) is 0 Å². The van der Waals surface area contributed by atoms with E-state index in [0.717, 1.165) is 22.3 Å². The van der Waals surface area contributed by atoms with Crippen LogP contribution in [0.25, 0.3) is 0 Å². The highest BCUT2D eigenvalue weighted by atomic mass is 16.6. The standard InChI is InChI=1S/C11H14N4O2/c1-7-9(5-12-2)10-6-14-13-4-8(10)3-11(7)15(16)17/h3,12H,4-6H2,1-2H3. The smallest absolute Gasteiger partial charge is 0.272 e. The van der Waals surface area contributed by atoms with Gasteiger partial charge in [0.25, 0.3) is 5.69 Å². The number of hydrogen-bond donors (Lipinski definition) is 1. The lowest BCUT2D eigenvalue weighted by atomic mass is 9.94. The van der Waals surface area contributed by atoms with Crippen LogP contribution in [-0.4, -0.2) is 12.0 Å². The topological polar surface area (TPSA) is 79.9 Å². The van der Waals surface area contributed by atoms with E-state index in [1.807, 2.05) is 7.05 Å². The Balaban J connectivity index is 2.62. The van der Waals surface area contributed by atoms with Gasteiger partial charge in [-0.1, -0.05) is 0 Å². The Morgan fingerprint density at radius 1 is 1.47 bits per heavy atom. The van der Waals surface area contributed by atoms with Crippen molar-refractivity contribution < 1.29 is 4.92 Å². The van der Waals surface area contributed by atoms with Crippen LogP contribution in [0.5, 0.6) is 0 Å². The summed E-state index contributed by atoms with van der Waals surface area (Å²) in [6.45, 7) is 3.36. The van der Waals surface area contributed by atoms with Gasteiger partial charge in [0.2, 0.25) is 0 Å². The van der Waals surface area contributed by atoms with Crippen LogP contribution in [0.2, 0.25) is 0 Å². The highest BCUT2D eigenvalue weighted by Crippen LogP contribution is 2.31. The van der Waals surface area contributed by atoms with Crippen LogP contribution in [0, 0.1) is 17.0 Å². The Labute approximate surface area is 98.9 Å². The first-order valence-electron chi connectivity index (χ1n) is 5.41. The van der Waals surface area contributed by atoms with Crippen molar-refractivity contribution in [1.82, 2.24) is 5.32 Å². The summed E-state index contributed by atoms with van der Waals surface area (Å²) in [4.78, 5) is 10.7.